The summed E-state index contributed by atoms with van der Waals surface area (Å²) in [7, 11) is 1.64. The lowest BCUT2D eigenvalue weighted by molar-refractivity contribution is 0.0922. The van der Waals surface area contributed by atoms with Crippen molar-refractivity contribution in [3.05, 3.63) is 102 Å². The number of likely N-dealkylation sites (tertiary alicyclic amines) is 1. The number of carbonyl (C=O) groups excluding carboxylic acids is 1. The number of rotatable bonds is 6. The molecule has 2 aliphatic rings. The number of hydrogen-bond donors (Lipinski definition) is 1. The van der Waals surface area contributed by atoms with Gasteiger partial charge in [0.25, 0.3) is 0 Å². The predicted octanol–water partition coefficient (Wildman–Crippen LogP) is 5.17. The van der Waals surface area contributed by atoms with E-state index in [1.54, 1.807) is 13.4 Å². The molecule has 6 rings (SSSR count). The highest BCUT2D eigenvalue weighted by molar-refractivity contribution is 6.01. The molecule has 0 bridgehead atoms. The van der Waals surface area contributed by atoms with E-state index in [1.807, 2.05) is 28.8 Å². The number of benzene rings is 3. The normalized spacial score (nSPS) is 17.8. The highest BCUT2D eigenvalue weighted by Crippen LogP contribution is 2.31. The number of fused-ring (bicyclic) bond motifs is 1. The van der Waals surface area contributed by atoms with Crippen LogP contribution in [0, 0.1) is 0 Å². The molecule has 0 spiro atoms. The Morgan fingerprint density at radius 2 is 1.72 bits per heavy atom. The van der Waals surface area contributed by atoms with E-state index < -0.39 is 6.04 Å². The van der Waals surface area contributed by atoms with Crippen molar-refractivity contribution in [1.29, 1.82) is 0 Å². The SMILES string of the molecule is COc1ccc(-n2cnc3c2C(=O)C(c2ccc(-c4ccccc4CN4CCCC4)cc2)NC3)cc1. The molecular weight excluding hydrogens is 448 g/mol. The van der Waals surface area contributed by atoms with Crippen molar-refractivity contribution in [3.63, 3.8) is 0 Å². The number of methoxy groups -OCH3 is 1. The number of imidazole rings is 1. The third-order valence-corrected chi connectivity index (χ3v) is 7.33. The van der Waals surface area contributed by atoms with E-state index in [0.717, 1.165) is 29.2 Å². The zero-order valence-corrected chi connectivity index (χ0v) is 20.5. The molecule has 3 heterocycles. The maximum Gasteiger partial charge on any atom is 0.202 e. The first-order chi connectivity index (χ1) is 17.7. The number of nitrogens with one attached hydrogen (secondary N) is 1. The summed E-state index contributed by atoms with van der Waals surface area (Å²) >= 11 is 0. The molecule has 1 saturated heterocycles. The summed E-state index contributed by atoms with van der Waals surface area (Å²) in [5, 5.41) is 3.39. The number of carbonyl (C=O) groups is 1. The van der Waals surface area contributed by atoms with Gasteiger partial charge in [0.2, 0.25) is 5.78 Å². The number of hydrogen-bond acceptors (Lipinski definition) is 5. The molecule has 1 atom stereocenters. The number of aromatic nitrogens is 2. The largest absolute Gasteiger partial charge is 0.497 e. The van der Waals surface area contributed by atoms with Gasteiger partial charge in [0, 0.05) is 18.8 Å². The molecule has 36 heavy (non-hydrogen) atoms. The van der Waals surface area contributed by atoms with Gasteiger partial charge in [-0.05, 0) is 72.5 Å². The summed E-state index contributed by atoms with van der Waals surface area (Å²) in [5.41, 5.74) is 7.08. The number of ether oxygens (including phenoxy) is 1. The van der Waals surface area contributed by atoms with Crippen LogP contribution in [0.15, 0.2) is 79.1 Å². The van der Waals surface area contributed by atoms with Gasteiger partial charge in [-0.2, -0.15) is 0 Å². The fourth-order valence-corrected chi connectivity index (χ4v) is 5.39. The molecule has 3 aromatic carbocycles. The molecule has 1 aromatic heterocycles. The van der Waals surface area contributed by atoms with Crippen LogP contribution in [0.3, 0.4) is 0 Å². The Bertz CT molecular complexity index is 1370. The minimum Gasteiger partial charge on any atom is -0.497 e. The Morgan fingerprint density at radius 1 is 0.972 bits per heavy atom. The van der Waals surface area contributed by atoms with Crippen molar-refractivity contribution in [2.45, 2.75) is 32.0 Å². The maximum absolute atomic E-state index is 13.6. The summed E-state index contributed by atoms with van der Waals surface area (Å²) in [6.07, 6.45) is 4.31. The van der Waals surface area contributed by atoms with E-state index in [4.69, 9.17) is 4.74 Å². The molecule has 0 radical (unpaired) electrons. The Morgan fingerprint density at radius 3 is 2.47 bits per heavy atom. The molecular formula is C30H30N4O2. The Kier molecular flexibility index (Phi) is 6.13. The first-order valence-electron chi connectivity index (χ1n) is 12.6. The minimum absolute atomic E-state index is 0.0340. The van der Waals surface area contributed by atoms with E-state index in [2.05, 4.69) is 63.7 Å². The van der Waals surface area contributed by atoms with Gasteiger partial charge >= 0.3 is 0 Å². The fraction of sp³-hybridized carbons (Fsp3) is 0.267. The standard InChI is InChI=1S/C30H30N4O2/c1-36-25-14-12-24(13-15-25)34-20-32-27-18-31-28(30(35)29(27)34)22-10-8-21(9-11-22)26-7-3-2-6-23(26)19-33-16-4-5-17-33/h2-3,6-15,20,28,31H,4-5,16-19H2,1H3. The van der Waals surface area contributed by atoms with Crippen molar-refractivity contribution < 1.29 is 9.53 Å². The summed E-state index contributed by atoms with van der Waals surface area (Å²) in [5.74, 6) is 0.812. The van der Waals surface area contributed by atoms with Crippen molar-refractivity contribution in [2.24, 2.45) is 0 Å². The highest BCUT2D eigenvalue weighted by Gasteiger charge is 2.32. The Labute approximate surface area is 211 Å². The van der Waals surface area contributed by atoms with Gasteiger partial charge in [-0.15, -0.1) is 0 Å². The van der Waals surface area contributed by atoms with Crippen molar-refractivity contribution in [2.75, 3.05) is 20.2 Å². The monoisotopic (exact) mass is 478 g/mol. The molecule has 2 aliphatic heterocycles. The Balaban J connectivity index is 1.26. The summed E-state index contributed by atoms with van der Waals surface area (Å²) < 4.78 is 7.16. The van der Waals surface area contributed by atoms with Crippen molar-refractivity contribution >= 4 is 5.78 Å². The quantitative estimate of drug-likeness (QED) is 0.414. The molecule has 6 heteroatoms. The van der Waals surface area contributed by atoms with Crippen molar-refractivity contribution in [3.8, 4) is 22.6 Å². The van der Waals surface area contributed by atoms with E-state index in [-0.39, 0.29) is 5.78 Å². The predicted molar refractivity (Wildman–Crippen MR) is 140 cm³/mol. The number of nitrogens with zero attached hydrogens (tertiary/aromatic N) is 3. The third-order valence-electron chi connectivity index (χ3n) is 7.33. The van der Waals surface area contributed by atoms with Crippen LogP contribution in [-0.4, -0.2) is 40.4 Å². The van der Waals surface area contributed by atoms with Gasteiger partial charge in [-0.25, -0.2) is 4.98 Å². The van der Waals surface area contributed by atoms with Crippen LogP contribution in [0.1, 0.15) is 46.2 Å². The zero-order chi connectivity index (χ0) is 24.5. The second-order valence-electron chi connectivity index (χ2n) is 9.55. The van der Waals surface area contributed by atoms with Gasteiger partial charge in [-0.1, -0.05) is 48.5 Å². The van der Waals surface area contributed by atoms with Crippen LogP contribution in [0.2, 0.25) is 0 Å². The number of Topliss-reactive ketones (excluding diaryl/α,β-unsaturated/α-hetero) is 1. The second kappa shape index (κ2) is 9.72. The van der Waals surface area contributed by atoms with E-state index in [9.17, 15) is 4.79 Å². The van der Waals surface area contributed by atoms with Gasteiger partial charge in [0.15, 0.2) is 0 Å². The average Bonchev–Trinajstić information content (AvgIpc) is 3.60. The van der Waals surface area contributed by atoms with E-state index in [1.165, 1.54) is 42.6 Å². The first kappa shape index (κ1) is 22.7. The molecule has 182 valence electrons. The fourth-order valence-electron chi connectivity index (χ4n) is 5.39. The van der Waals surface area contributed by atoms with Crippen LogP contribution in [0.5, 0.6) is 5.75 Å². The molecule has 4 aromatic rings. The highest BCUT2D eigenvalue weighted by atomic mass is 16.5. The lowest BCUT2D eigenvalue weighted by Crippen LogP contribution is -2.35. The van der Waals surface area contributed by atoms with Crippen LogP contribution in [0.4, 0.5) is 0 Å². The maximum atomic E-state index is 13.6. The van der Waals surface area contributed by atoms with Gasteiger partial charge in [-0.3, -0.25) is 19.6 Å². The molecule has 1 N–H and O–H groups in total. The molecule has 0 amide bonds. The molecule has 0 saturated carbocycles. The smallest absolute Gasteiger partial charge is 0.202 e. The molecule has 6 nitrogen and oxygen atoms in total. The third kappa shape index (κ3) is 4.23. The van der Waals surface area contributed by atoms with Gasteiger partial charge < -0.3 is 4.74 Å². The van der Waals surface area contributed by atoms with Gasteiger partial charge in [0.05, 0.1) is 18.8 Å². The van der Waals surface area contributed by atoms with Crippen LogP contribution in [-0.2, 0) is 13.1 Å². The minimum atomic E-state index is -0.403. The van der Waals surface area contributed by atoms with Crippen LogP contribution < -0.4 is 10.1 Å². The lowest BCUT2D eigenvalue weighted by Gasteiger charge is -2.24. The zero-order valence-electron chi connectivity index (χ0n) is 20.5. The van der Waals surface area contributed by atoms with Crippen molar-refractivity contribution in [1.82, 2.24) is 19.8 Å². The second-order valence-corrected chi connectivity index (χ2v) is 9.55. The number of ketones is 1. The first-order valence-corrected chi connectivity index (χ1v) is 12.6. The van der Waals surface area contributed by atoms with E-state index in [0.29, 0.717) is 12.2 Å². The summed E-state index contributed by atoms with van der Waals surface area (Å²) in [6.45, 7) is 3.89. The molecule has 1 fully saturated rings. The Hall–Kier alpha value is -3.74. The lowest BCUT2D eigenvalue weighted by atomic mass is 9.93. The van der Waals surface area contributed by atoms with Crippen LogP contribution in [0.25, 0.3) is 16.8 Å². The summed E-state index contributed by atoms with van der Waals surface area (Å²) in [4.78, 5) is 20.7. The molecule has 0 aliphatic carbocycles. The van der Waals surface area contributed by atoms with Gasteiger partial charge in [0.1, 0.15) is 17.8 Å². The molecule has 1 unspecified atom stereocenters. The van der Waals surface area contributed by atoms with Crippen LogP contribution >= 0.6 is 0 Å². The summed E-state index contributed by atoms with van der Waals surface area (Å²) in [6, 6.07) is 24.4. The topological polar surface area (TPSA) is 59.4 Å². The van der Waals surface area contributed by atoms with E-state index >= 15 is 0 Å². The average molecular weight is 479 g/mol.